The maximum atomic E-state index is 10.2. The van der Waals surface area contributed by atoms with E-state index in [9.17, 15) is 5.11 Å². The van der Waals surface area contributed by atoms with Crippen LogP contribution in [0.25, 0.3) is 0 Å². The van der Waals surface area contributed by atoms with Gasteiger partial charge < -0.3 is 5.11 Å². The summed E-state index contributed by atoms with van der Waals surface area (Å²) in [5.41, 5.74) is 2.76. The van der Waals surface area contributed by atoms with E-state index < -0.39 is 6.10 Å². The van der Waals surface area contributed by atoms with Crippen LogP contribution in [0, 0.1) is 6.92 Å². The molecular formula is C14H13BrClNO. The van der Waals surface area contributed by atoms with E-state index in [-0.39, 0.29) is 0 Å². The molecule has 0 aliphatic carbocycles. The fourth-order valence-corrected chi connectivity index (χ4v) is 2.59. The predicted molar refractivity (Wildman–Crippen MR) is 76.8 cm³/mol. The smallest absolute Gasteiger partial charge is 0.0846 e. The second-order valence-corrected chi connectivity index (χ2v) is 5.60. The van der Waals surface area contributed by atoms with Crippen LogP contribution in [-0.2, 0) is 6.42 Å². The molecule has 0 amide bonds. The minimum atomic E-state index is -0.602. The Labute approximate surface area is 120 Å². The summed E-state index contributed by atoms with van der Waals surface area (Å²) in [4.78, 5) is 4.28. The van der Waals surface area contributed by atoms with E-state index in [1.807, 2.05) is 25.1 Å². The zero-order valence-electron chi connectivity index (χ0n) is 9.90. The third-order valence-electron chi connectivity index (χ3n) is 2.64. The van der Waals surface area contributed by atoms with Crippen LogP contribution in [0.1, 0.15) is 22.9 Å². The quantitative estimate of drug-likeness (QED) is 0.922. The number of aliphatic hydroxyl groups excluding tert-OH is 1. The van der Waals surface area contributed by atoms with E-state index >= 15 is 0 Å². The molecule has 18 heavy (non-hydrogen) atoms. The number of hydrogen-bond donors (Lipinski definition) is 1. The summed E-state index contributed by atoms with van der Waals surface area (Å²) < 4.78 is 0.862. The lowest BCUT2D eigenvalue weighted by Gasteiger charge is -2.11. The molecule has 0 spiro atoms. The molecule has 0 saturated carbocycles. The Morgan fingerprint density at radius 1 is 1.33 bits per heavy atom. The monoisotopic (exact) mass is 325 g/mol. The van der Waals surface area contributed by atoms with Crippen molar-refractivity contribution in [3.63, 3.8) is 0 Å². The van der Waals surface area contributed by atoms with E-state index in [1.165, 1.54) is 0 Å². The van der Waals surface area contributed by atoms with Crippen molar-refractivity contribution in [3.8, 4) is 0 Å². The van der Waals surface area contributed by atoms with Crippen LogP contribution in [0.3, 0.4) is 0 Å². The number of hydrogen-bond acceptors (Lipinski definition) is 2. The Morgan fingerprint density at radius 2 is 2.11 bits per heavy atom. The van der Waals surface area contributed by atoms with Crippen LogP contribution in [-0.4, -0.2) is 10.1 Å². The molecule has 2 aromatic rings. The lowest BCUT2D eigenvalue weighted by molar-refractivity contribution is 0.177. The summed E-state index contributed by atoms with van der Waals surface area (Å²) in [7, 11) is 0. The highest BCUT2D eigenvalue weighted by Crippen LogP contribution is 2.25. The highest BCUT2D eigenvalue weighted by atomic mass is 79.9. The van der Waals surface area contributed by atoms with Crippen LogP contribution < -0.4 is 0 Å². The number of aromatic nitrogens is 1. The van der Waals surface area contributed by atoms with Gasteiger partial charge in [-0.15, -0.1) is 0 Å². The number of aliphatic hydroxyl groups is 1. The van der Waals surface area contributed by atoms with Gasteiger partial charge >= 0.3 is 0 Å². The van der Waals surface area contributed by atoms with Crippen molar-refractivity contribution in [1.29, 1.82) is 0 Å². The molecule has 1 N–H and O–H groups in total. The lowest BCUT2D eigenvalue weighted by Crippen LogP contribution is -2.03. The highest BCUT2D eigenvalue weighted by molar-refractivity contribution is 9.10. The summed E-state index contributed by atoms with van der Waals surface area (Å²) in [5, 5.41) is 10.8. The van der Waals surface area contributed by atoms with Gasteiger partial charge in [-0.25, -0.2) is 0 Å². The molecule has 0 bridgehead atoms. The number of pyridine rings is 1. The first kappa shape index (κ1) is 13.5. The first-order valence-corrected chi connectivity index (χ1v) is 6.77. The molecule has 0 aliphatic rings. The zero-order valence-corrected chi connectivity index (χ0v) is 12.2. The van der Waals surface area contributed by atoms with Crippen molar-refractivity contribution < 1.29 is 5.11 Å². The number of benzene rings is 1. The van der Waals surface area contributed by atoms with Gasteiger partial charge in [0.2, 0.25) is 0 Å². The van der Waals surface area contributed by atoms with Gasteiger partial charge in [-0.3, -0.25) is 4.98 Å². The molecule has 4 heteroatoms. The molecule has 2 nitrogen and oxygen atoms in total. The van der Waals surface area contributed by atoms with Crippen molar-refractivity contribution in [3.05, 3.63) is 62.8 Å². The molecule has 1 aromatic heterocycles. The summed E-state index contributed by atoms with van der Waals surface area (Å²) in [6.07, 6.45) is 1.68. The Balaban J connectivity index is 2.16. The first-order chi connectivity index (χ1) is 8.54. The Hall–Kier alpha value is -0.900. The maximum Gasteiger partial charge on any atom is 0.0846 e. The van der Waals surface area contributed by atoms with Crippen LogP contribution in [0.15, 0.2) is 41.0 Å². The van der Waals surface area contributed by atoms with Gasteiger partial charge in [-0.2, -0.15) is 0 Å². The van der Waals surface area contributed by atoms with Crippen molar-refractivity contribution in [2.24, 2.45) is 0 Å². The van der Waals surface area contributed by atoms with Gasteiger partial charge in [0.1, 0.15) is 0 Å². The van der Waals surface area contributed by atoms with Gasteiger partial charge in [-0.1, -0.05) is 33.6 Å². The van der Waals surface area contributed by atoms with Crippen molar-refractivity contribution in [2.75, 3.05) is 0 Å². The zero-order chi connectivity index (χ0) is 13.1. The number of aryl methyl sites for hydroxylation is 1. The minimum absolute atomic E-state index is 0.479. The topological polar surface area (TPSA) is 33.1 Å². The Bertz CT molecular complexity index is 522. The van der Waals surface area contributed by atoms with E-state index in [2.05, 4.69) is 20.9 Å². The standard InChI is InChI=1S/C14H13BrClNO/c1-9-2-3-13(17-8-9)7-14(18)10-4-11(15)6-12(16)5-10/h2-6,8,14,18H,7H2,1H3. The van der Waals surface area contributed by atoms with Crippen LogP contribution in [0.5, 0.6) is 0 Å². The largest absolute Gasteiger partial charge is 0.388 e. The molecule has 2 rings (SSSR count). The second-order valence-electron chi connectivity index (χ2n) is 4.25. The molecule has 1 atom stereocenters. The molecular weight excluding hydrogens is 314 g/mol. The van der Waals surface area contributed by atoms with E-state index in [4.69, 9.17) is 11.6 Å². The minimum Gasteiger partial charge on any atom is -0.388 e. The molecule has 0 fully saturated rings. The van der Waals surface area contributed by atoms with Crippen LogP contribution in [0.4, 0.5) is 0 Å². The van der Waals surface area contributed by atoms with Crippen LogP contribution >= 0.6 is 27.5 Å². The predicted octanol–water partition coefficient (Wildman–Crippen LogP) is 4.08. The number of rotatable bonds is 3. The summed E-state index contributed by atoms with van der Waals surface area (Å²) in [6, 6.07) is 9.35. The third kappa shape index (κ3) is 3.55. The fourth-order valence-electron chi connectivity index (χ4n) is 1.70. The molecule has 1 aromatic carbocycles. The van der Waals surface area contributed by atoms with Gasteiger partial charge in [0.15, 0.2) is 0 Å². The third-order valence-corrected chi connectivity index (χ3v) is 3.32. The number of halogens is 2. The SMILES string of the molecule is Cc1ccc(CC(O)c2cc(Cl)cc(Br)c2)nc1. The second kappa shape index (κ2) is 5.83. The maximum absolute atomic E-state index is 10.2. The van der Waals surface area contributed by atoms with Gasteiger partial charge in [0, 0.05) is 27.8 Å². The normalized spacial score (nSPS) is 12.4. The van der Waals surface area contributed by atoms with E-state index in [0.717, 1.165) is 21.3 Å². The Morgan fingerprint density at radius 3 is 2.72 bits per heavy atom. The molecule has 0 aliphatic heterocycles. The van der Waals surface area contributed by atoms with Crippen molar-refractivity contribution in [1.82, 2.24) is 4.98 Å². The van der Waals surface area contributed by atoms with E-state index in [1.54, 1.807) is 18.3 Å². The lowest BCUT2D eigenvalue weighted by atomic mass is 10.0. The molecule has 0 saturated heterocycles. The summed E-state index contributed by atoms with van der Waals surface area (Å²) in [5.74, 6) is 0. The summed E-state index contributed by atoms with van der Waals surface area (Å²) in [6.45, 7) is 1.99. The van der Waals surface area contributed by atoms with Crippen LogP contribution in [0.2, 0.25) is 5.02 Å². The highest BCUT2D eigenvalue weighted by Gasteiger charge is 2.11. The average molecular weight is 327 g/mol. The van der Waals surface area contributed by atoms with Crippen molar-refractivity contribution >= 4 is 27.5 Å². The van der Waals surface area contributed by atoms with E-state index in [0.29, 0.717) is 11.4 Å². The Kier molecular flexibility index (Phi) is 4.38. The van der Waals surface area contributed by atoms with Gasteiger partial charge in [0.25, 0.3) is 0 Å². The number of nitrogens with zero attached hydrogens (tertiary/aromatic N) is 1. The first-order valence-electron chi connectivity index (χ1n) is 5.60. The molecule has 0 radical (unpaired) electrons. The average Bonchev–Trinajstić information content (AvgIpc) is 2.31. The fraction of sp³-hybridized carbons (Fsp3) is 0.214. The summed E-state index contributed by atoms with van der Waals surface area (Å²) >= 11 is 9.33. The van der Waals surface area contributed by atoms with Gasteiger partial charge in [-0.05, 0) is 42.3 Å². The molecule has 94 valence electrons. The van der Waals surface area contributed by atoms with Gasteiger partial charge in [0.05, 0.1) is 6.10 Å². The molecule has 1 heterocycles. The van der Waals surface area contributed by atoms with Crippen molar-refractivity contribution in [2.45, 2.75) is 19.4 Å². The molecule has 1 unspecified atom stereocenters.